The summed E-state index contributed by atoms with van der Waals surface area (Å²) in [6.07, 6.45) is 1.51. The number of halogens is 3. The van der Waals surface area contributed by atoms with Crippen molar-refractivity contribution in [2.24, 2.45) is 28.7 Å². The molecule has 0 radical (unpaired) electrons. The number of anilines is 1. The summed E-state index contributed by atoms with van der Waals surface area (Å²) in [4.78, 5) is 46.9. The number of hydrogen-bond donors (Lipinski definition) is 2. The molecule has 258 valence electrons. The van der Waals surface area contributed by atoms with Crippen molar-refractivity contribution in [3.05, 3.63) is 54.6 Å². The van der Waals surface area contributed by atoms with E-state index in [1.54, 1.807) is 11.9 Å². The van der Waals surface area contributed by atoms with E-state index in [9.17, 15) is 27.6 Å². The number of hydrogen-bond acceptors (Lipinski definition) is 6. The maximum absolute atomic E-state index is 13.7. The molecule has 1 unspecified atom stereocenters. The predicted octanol–water partition coefficient (Wildman–Crippen LogP) is 7.45. The number of allylic oxidation sites excluding steroid dienone is 1. The van der Waals surface area contributed by atoms with Crippen LogP contribution >= 0.6 is 11.8 Å². The molecule has 4 rings (SSSR count). The van der Waals surface area contributed by atoms with Gasteiger partial charge in [-0.1, -0.05) is 32.9 Å². The number of rotatable bonds is 14. The Bertz CT molecular complexity index is 1380. The average molecular weight is 677 g/mol. The zero-order valence-electron chi connectivity index (χ0n) is 27.7. The van der Waals surface area contributed by atoms with E-state index in [1.165, 1.54) is 17.8 Å². The standard InChI is InChI=1S/C35H47F3N4O4S/c1-7-10-11-12-15-42(6)32(44)27-18-24(17-26(27)30(43)41-34(9-3)19-22(34)8-2)46-33(45)40-28-16-23(35(36,37)38)13-14-25(28)31-39-29(20-47-31)21(4)5/h7-8,13-14,16,21-22,24,26-27,29H,1-2,9-12,15,17-20H2,3-6H3,(H,40,45)(H,41,43)/t22-,24-,26-,27-,29?,34-/m1/s1. The number of amides is 3. The second-order valence-electron chi connectivity index (χ2n) is 13.2. The van der Waals surface area contributed by atoms with Crippen molar-refractivity contribution in [2.75, 3.05) is 24.7 Å². The number of carbonyl (C=O) groups is 3. The van der Waals surface area contributed by atoms with Gasteiger partial charge in [0.1, 0.15) is 11.1 Å². The summed E-state index contributed by atoms with van der Waals surface area (Å²) < 4.78 is 46.7. The van der Waals surface area contributed by atoms with Crippen molar-refractivity contribution in [2.45, 2.75) is 89.6 Å². The fraction of sp³-hybridized carbons (Fsp3) is 0.600. The van der Waals surface area contributed by atoms with E-state index in [4.69, 9.17) is 4.74 Å². The molecule has 0 aromatic heterocycles. The first-order valence-electron chi connectivity index (χ1n) is 16.4. The van der Waals surface area contributed by atoms with Gasteiger partial charge in [0.05, 0.1) is 29.1 Å². The molecule has 1 aliphatic heterocycles. The Morgan fingerprint density at radius 2 is 1.91 bits per heavy atom. The Balaban J connectivity index is 1.52. The van der Waals surface area contributed by atoms with Gasteiger partial charge >= 0.3 is 12.3 Å². The normalized spacial score (nSPS) is 26.8. The van der Waals surface area contributed by atoms with Crippen molar-refractivity contribution in [3.8, 4) is 0 Å². The van der Waals surface area contributed by atoms with Gasteiger partial charge in [-0.3, -0.25) is 19.9 Å². The highest BCUT2D eigenvalue weighted by Crippen LogP contribution is 2.48. The van der Waals surface area contributed by atoms with E-state index in [-0.39, 0.29) is 48.2 Å². The van der Waals surface area contributed by atoms with Crippen molar-refractivity contribution in [1.82, 2.24) is 10.2 Å². The number of nitrogens with one attached hydrogen (secondary N) is 2. The zero-order valence-corrected chi connectivity index (χ0v) is 28.5. The lowest BCUT2D eigenvalue weighted by atomic mass is 9.93. The molecule has 0 bridgehead atoms. The molecule has 47 heavy (non-hydrogen) atoms. The largest absolute Gasteiger partial charge is 0.446 e. The van der Waals surface area contributed by atoms with Crippen LogP contribution < -0.4 is 10.6 Å². The summed E-state index contributed by atoms with van der Waals surface area (Å²) in [5.41, 5.74) is -0.991. The Morgan fingerprint density at radius 1 is 1.19 bits per heavy atom. The minimum atomic E-state index is -4.62. The highest BCUT2D eigenvalue weighted by Gasteiger charge is 2.54. The second kappa shape index (κ2) is 15.3. The molecule has 12 heteroatoms. The average Bonchev–Trinajstić information content (AvgIpc) is 3.31. The summed E-state index contributed by atoms with van der Waals surface area (Å²) in [5.74, 6) is -0.822. The summed E-state index contributed by atoms with van der Waals surface area (Å²) >= 11 is 1.43. The SMILES string of the molecule is C=CCCCCN(C)C(=O)[C@@H]1C[C@H](OC(=O)Nc2cc(C(F)(F)F)ccc2C2=NC(C(C)C)CS2)C[C@H]1C(=O)N[C@]1(CC)C[C@H]1C=C. The molecule has 6 atom stereocenters. The summed E-state index contributed by atoms with van der Waals surface area (Å²) in [5, 5.41) is 6.23. The van der Waals surface area contributed by atoms with Gasteiger partial charge in [0.15, 0.2) is 0 Å². The van der Waals surface area contributed by atoms with Gasteiger partial charge in [-0.2, -0.15) is 13.2 Å². The number of thioether (sulfide) groups is 1. The number of nitrogens with zero attached hydrogens (tertiary/aromatic N) is 2. The lowest BCUT2D eigenvalue weighted by molar-refractivity contribution is -0.140. The molecule has 2 N–H and O–H groups in total. The van der Waals surface area contributed by atoms with E-state index >= 15 is 0 Å². The number of aliphatic imine (C=N–C) groups is 1. The van der Waals surface area contributed by atoms with Gasteiger partial charge < -0.3 is 15.0 Å². The fourth-order valence-corrected chi connectivity index (χ4v) is 7.81. The smallest absolute Gasteiger partial charge is 0.416 e. The quantitative estimate of drug-likeness (QED) is 0.158. The van der Waals surface area contributed by atoms with E-state index in [1.807, 2.05) is 32.9 Å². The molecule has 1 heterocycles. The first-order valence-corrected chi connectivity index (χ1v) is 17.4. The molecule has 2 fully saturated rings. The molecule has 8 nitrogen and oxygen atoms in total. The van der Waals surface area contributed by atoms with E-state index in [0.717, 1.165) is 37.8 Å². The van der Waals surface area contributed by atoms with Gasteiger partial charge in [-0.15, -0.1) is 24.9 Å². The monoisotopic (exact) mass is 676 g/mol. The van der Waals surface area contributed by atoms with Gasteiger partial charge in [0.2, 0.25) is 11.8 Å². The second-order valence-corrected chi connectivity index (χ2v) is 14.2. The third kappa shape index (κ3) is 8.80. The van der Waals surface area contributed by atoms with Gasteiger partial charge in [-0.05, 0) is 69.1 Å². The molecular weight excluding hydrogens is 629 g/mol. The highest BCUT2D eigenvalue weighted by atomic mass is 32.2. The van der Waals surface area contributed by atoms with Crippen LogP contribution in [0.1, 0.15) is 76.8 Å². The molecule has 1 aromatic rings. The van der Waals surface area contributed by atoms with Crippen molar-refractivity contribution in [3.63, 3.8) is 0 Å². The van der Waals surface area contributed by atoms with Gasteiger partial charge in [0, 0.05) is 36.4 Å². The van der Waals surface area contributed by atoms with Crippen LogP contribution in [-0.4, -0.2) is 64.9 Å². The van der Waals surface area contributed by atoms with Crippen molar-refractivity contribution < 1.29 is 32.3 Å². The van der Waals surface area contributed by atoms with Crippen LogP contribution in [0.4, 0.5) is 23.7 Å². The Kier molecular flexibility index (Phi) is 11.9. The van der Waals surface area contributed by atoms with E-state index in [2.05, 4.69) is 28.8 Å². The molecular formula is C35H47F3N4O4S. The highest BCUT2D eigenvalue weighted by molar-refractivity contribution is 8.14. The summed E-state index contributed by atoms with van der Waals surface area (Å²) in [6, 6.07) is 3.19. The fourth-order valence-electron chi connectivity index (χ4n) is 6.48. The number of unbranched alkanes of at least 4 members (excludes halogenated alkanes) is 2. The van der Waals surface area contributed by atoms with E-state index < -0.39 is 41.3 Å². The van der Waals surface area contributed by atoms with Crippen molar-refractivity contribution >= 4 is 40.4 Å². The maximum atomic E-state index is 13.7. The number of benzene rings is 1. The van der Waals surface area contributed by atoms with Gasteiger partial charge in [-0.25, -0.2) is 4.79 Å². The summed E-state index contributed by atoms with van der Waals surface area (Å²) in [7, 11) is 1.71. The van der Waals surface area contributed by atoms with Crippen LogP contribution in [0.25, 0.3) is 0 Å². The minimum absolute atomic E-state index is 0.0116. The molecule has 3 aliphatic rings. The Labute approximate surface area is 280 Å². The van der Waals surface area contributed by atoms with E-state index in [0.29, 0.717) is 29.3 Å². The number of ether oxygens (including phenoxy) is 1. The number of carbonyl (C=O) groups excluding carboxylic acids is 3. The molecule has 0 spiro atoms. The molecule has 2 aliphatic carbocycles. The third-order valence-electron chi connectivity index (χ3n) is 9.65. The van der Waals surface area contributed by atoms with Crippen LogP contribution in [0.3, 0.4) is 0 Å². The Morgan fingerprint density at radius 3 is 2.51 bits per heavy atom. The van der Waals surface area contributed by atoms with Crippen molar-refractivity contribution in [1.29, 1.82) is 0 Å². The Hall–Kier alpha value is -3.28. The lowest BCUT2D eigenvalue weighted by Crippen LogP contribution is -2.45. The first-order chi connectivity index (χ1) is 22.2. The van der Waals surface area contributed by atoms with Crippen LogP contribution in [-0.2, 0) is 20.5 Å². The minimum Gasteiger partial charge on any atom is -0.446 e. The summed E-state index contributed by atoms with van der Waals surface area (Å²) in [6.45, 7) is 14.2. The molecule has 2 saturated carbocycles. The zero-order chi connectivity index (χ0) is 34.5. The number of alkyl halides is 3. The van der Waals surface area contributed by atoms with Crippen LogP contribution in [0.15, 0.2) is 48.5 Å². The molecule has 0 saturated heterocycles. The molecule has 3 amide bonds. The maximum Gasteiger partial charge on any atom is 0.416 e. The third-order valence-corrected chi connectivity index (χ3v) is 10.8. The van der Waals surface area contributed by atoms with Crippen LogP contribution in [0, 0.1) is 23.7 Å². The van der Waals surface area contributed by atoms with Gasteiger partial charge in [0.25, 0.3) is 0 Å². The van der Waals surface area contributed by atoms with Crippen LogP contribution in [0.2, 0.25) is 0 Å². The topological polar surface area (TPSA) is 100 Å². The van der Waals surface area contributed by atoms with Crippen LogP contribution in [0.5, 0.6) is 0 Å². The predicted molar refractivity (Wildman–Crippen MR) is 180 cm³/mol. The first kappa shape index (κ1) is 36.6. The molecule has 1 aromatic carbocycles. The lowest BCUT2D eigenvalue weighted by Gasteiger charge is -2.26.